The van der Waals surface area contributed by atoms with Crippen molar-refractivity contribution in [2.24, 2.45) is 0 Å². The summed E-state index contributed by atoms with van der Waals surface area (Å²) in [6.45, 7) is 4.88. The lowest BCUT2D eigenvalue weighted by Gasteiger charge is -2.13. The molecule has 2 heterocycles. The molecule has 0 unspecified atom stereocenters. The molecule has 0 bridgehead atoms. The molecule has 0 saturated carbocycles. The number of rotatable bonds is 5. The molecule has 138 valence electrons. The van der Waals surface area contributed by atoms with Crippen LogP contribution < -0.4 is 14.8 Å². The lowest BCUT2D eigenvalue weighted by Crippen LogP contribution is -2.28. The van der Waals surface area contributed by atoms with Gasteiger partial charge in [-0.25, -0.2) is 0 Å². The molecule has 0 saturated heterocycles. The zero-order valence-electron chi connectivity index (χ0n) is 15.5. The Kier molecular flexibility index (Phi) is 4.67. The number of fused-ring (bicyclic) bond motifs is 2. The van der Waals surface area contributed by atoms with Crippen LogP contribution in [0.15, 0.2) is 42.5 Å². The number of nitrogens with one attached hydrogen (secondary N) is 1. The number of hydrogen-bond donors (Lipinski definition) is 1. The molecule has 1 N–H and O–H groups in total. The minimum atomic E-state index is 0.0130. The Bertz CT molecular complexity index is 1010. The Balaban J connectivity index is 1.39. The molecule has 3 aromatic rings. The van der Waals surface area contributed by atoms with Gasteiger partial charge in [-0.05, 0) is 55.2 Å². The van der Waals surface area contributed by atoms with Gasteiger partial charge in [0.25, 0.3) is 0 Å². The molecule has 1 aliphatic heterocycles. The summed E-state index contributed by atoms with van der Waals surface area (Å²) in [5, 5.41) is 4.11. The van der Waals surface area contributed by atoms with Crippen molar-refractivity contribution in [1.29, 1.82) is 0 Å². The van der Waals surface area contributed by atoms with E-state index in [1.807, 2.05) is 43.3 Å². The second-order valence-electron chi connectivity index (χ2n) is 6.78. The normalized spacial score (nSPS) is 12.4. The topological polar surface area (TPSA) is 60.5 Å². The maximum Gasteiger partial charge on any atom is 0.231 e. The highest BCUT2D eigenvalue weighted by Crippen LogP contribution is 2.32. The fourth-order valence-corrected chi connectivity index (χ4v) is 3.50. The molecule has 1 aromatic heterocycles. The molecule has 5 nitrogen and oxygen atoms in total. The first-order valence-electron chi connectivity index (χ1n) is 9.12. The summed E-state index contributed by atoms with van der Waals surface area (Å²) in [6, 6.07) is 13.9. The van der Waals surface area contributed by atoms with Gasteiger partial charge in [-0.1, -0.05) is 24.3 Å². The van der Waals surface area contributed by atoms with Crippen molar-refractivity contribution < 1.29 is 14.3 Å². The number of ether oxygens (including phenoxy) is 2. The molecule has 1 aliphatic rings. The summed E-state index contributed by atoms with van der Waals surface area (Å²) >= 11 is 0. The Hall–Kier alpha value is -3.08. The van der Waals surface area contributed by atoms with E-state index in [9.17, 15) is 4.79 Å². The standard InChI is InChI=1S/C22H22N2O3/c1-14-17-5-3-4-6-19(17)24-15(2)18(14)12-22(25)23-10-9-16-7-8-20-21(11-16)27-13-26-20/h3-8,11H,9-10,12-13H2,1-2H3,(H,23,25). The predicted molar refractivity (Wildman–Crippen MR) is 104 cm³/mol. The van der Waals surface area contributed by atoms with Crippen LogP contribution in [0.3, 0.4) is 0 Å². The summed E-state index contributed by atoms with van der Waals surface area (Å²) in [6.07, 6.45) is 1.09. The van der Waals surface area contributed by atoms with Gasteiger partial charge in [0.2, 0.25) is 12.7 Å². The Labute approximate surface area is 158 Å². The number of carbonyl (C=O) groups excluding carboxylic acids is 1. The van der Waals surface area contributed by atoms with Gasteiger partial charge in [0.15, 0.2) is 11.5 Å². The Morgan fingerprint density at radius 3 is 2.81 bits per heavy atom. The number of aromatic nitrogens is 1. The molecule has 1 amide bonds. The third-order valence-electron chi connectivity index (χ3n) is 5.00. The van der Waals surface area contributed by atoms with Crippen molar-refractivity contribution in [3.8, 4) is 11.5 Å². The highest BCUT2D eigenvalue weighted by molar-refractivity contribution is 5.86. The average molecular weight is 362 g/mol. The maximum absolute atomic E-state index is 12.4. The minimum Gasteiger partial charge on any atom is -0.454 e. The highest BCUT2D eigenvalue weighted by Gasteiger charge is 2.14. The van der Waals surface area contributed by atoms with Gasteiger partial charge < -0.3 is 14.8 Å². The number of nitrogens with zero attached hydrogens (tertiary/aromatic N) is 1. The molecular weight excluding hydrogens is 340 g/mol. The molecule has 0 spiro atoms. The van der Waals surface area contributed by atoms with E-state index in [1.165, 1.54) is 0 Å². The molecular formula is C22H22N2O3. The third kappa shape index (κ3) is 3.58. The van der Waals surface area contributed by atoms with Gasteiger partial charge in [-0.2, -0.15) is 0 Å². The monoisotopic (exact) mass is 362 g/mol. The summed E-state index contributed by atoms with van der Waals surface area (Å²) < 4.78 is 10.7. The molecule has 0 atom stereocenters. The summed E-state index contributed by atoms with van der Waals surface area (Å²) in [5.41, 5.74) is 5.13. The second kappa shape index (κ2) is 7.27. The number of pyridine rings is 1. The van der Waals surface area contributed by atoms with E-state index in [4.69, 9.17) is 9.47 Å². The van der Waals surface area contributed by atoms with Crippen LogP contribution in [0.1, 0.15) is 22.4 Å². The van der Waals surface area contributed by atoms with E-state index in [0.29, 0.717) is 13.0 Å². The fourth-order valence-electron chi connectivity index (χ4n) is 3.50. The van der Waals surface area contributed by atoms with Gasteiger partial charge in [0, 0.05) is 17.6 Å². The van der Waals surface area contributed by atoms with Crippen molar-refractivity contribution in [1.82, 2.24) is 10.3 Å². The van der Waals surface area contributed by atoms with Crippen molar-refractivity contribution in [3.63, 3.8) is 0 Å². The van der Waals surface area contributed by atoms with Crippen molar-refractivity contribution in [3.05, 3.63) is 64.8 Å². The molecule has 0 radical (unpaired) electrons. The summed E-state index contributed by atoms with van der Waals surface area (Å²) in [5.74, 6) is 1.56. The van der Waals surface area contributed by atoms with Crippen LogP contribution in [0.5, 0.6) is 11.5 Å². The van der Waals surface area contributed by atoms with E-state index < -0.39 is 0 Å². The van der Waals surface area contributed by atoms with Crippen LogP contribution >= 0.6 is 0 Å². The third-order valence-corrected chi connectivity index (χ3v) is 5.00. The van der Waals surface area contributed by atoms with Crippen LogP contribution in [-0.4, -0.2) is 24.2 Å². The van der Waals surface area contributed by atoms with Crippen molar-refractivity contribution >= 4 is 16.8 Å². The first-order chi connectivity index (χ1) is 13.1. The van der Waals surface area contributed by atoms with E-state index >= 15 is 0 Å². The minimum absolute atomic E-state index is 0.0130. The van der Waals surface area contributed by atoms with E-state index in [2.05, 4.69) is 23.3 Å². The number of hydrogen-bond acceptors (Lipinski definition) is 4. The largest absolute Gasteiger partial charge is 0.454 e. The number of para-hydroxylation sites is 1. The molecule has 4 rings (SSSR count). The lowest BCUT2D eigenvalue weighted by molar-refractivity contribution is -0.120. The van der Waals surface area contributed by atoms with Crippen LogP contribution in [0.2, 0.25) is 0 Å². The average Bonchev–Trinajstić information content (AvgIpc) is 3.13. The number of benzene rings is 2. The molecule has 0 fully saturated rings. The van der Waals surface area contributed by atoms with Crippen LogP contribution in [-0.2, 0) is 17.6 Å². The predicted octanol–water partition coefficient (Wildman–Crippen LogP) is 3.48. The molecule has 27 heavy (non-hydrogen) atoms. The van der Waals surface area contributed by atoms with Gasteiger partial charge in [0.05, 0.1) is 11.9 Å². The molecule has 5 heteroatoms. The first kappa shape index (κ1) is 17.3. The second-order valence-corrected chi connectivity index (χ2v) is 6.78. The maximum atomic E-state index is 12.4. The quantitative estimate of drug-likeness (QED) is 0.755. The summed E-state index contributed by atoms with van der Waals surface area (Å²) in [4.78, 5) is 17.1. The van der Waals surface area contributed by atoms with Crippen LogP contribution in [0.25, 0.3) is 10.9 Å². The summed E-state index contributed by atoms with van der Waals surface area (Å²) in [7, 11) is 0. The zero-order valence-corrected chi connectivity index (χ0v) is 15.5. The van der Waals surface area contributed by atoms with Gasteiger partial charge in [0.1, 0.15) is 0 Å². The van der Waals surface area contributed by atoms with Crippen molar-refractivity contribution in [2.45, 2.75) is 26.7 Å². The fraction of sp³-hybridized carbons (Fsp3) is 0.273. The first-order valence-corrected chi connectivity index (χ1v) is 9.12. The SMILES string of the molecule is Cc1nc2ccccc2c(C)c1CC(=O)NCCc1ccc2c(c1)OCO2. The van der Waals surface area contributed by atoms with Crippen molar-refractivity contribution in [2.75, 3.05) is 13.3 Å². The van der Waals surface area contributed by atoms with Crippen LogP contribution in [0.4, 0.5) is 0 Å². The molecule has 2 aromatic carbocycles. The zero-order chi connectivity index (χ0) is 18.8. The van der Waals surface area contributed by atoms with E-state index in [-0.39, 0.29) is 12.7 Å². The number of amides is 1. The Morgan fingerprint density at radius 2 is 1.93 bits per heavy atom. The van der Waals surface area contributed by atoms with Crippen LogP contribution in [0, 0.1) is 13.8 Å². The van der Waals surface area contributed by atoms with Gasteiger partial charge in [-0.3, -0.25) is 9.78 Å². The number of carbonyl (C=O) groups is 1. The lowest BCUT2D eigenvalue weighted by atomic mass is 9.99. The van der Waals surface area contributed by atoms with Gasteiger partial charge >= 0.3 is 0 Å². The van der Waals surface area contributed by atoms with E-state index in [0.717, 1.165) is 51.2 Å². The smallest absolute Gasteiger partial charge is 0.231 e. The highest BCUT2D eigenvalue weighted by atomic mass is 16.7. The van der Waals surface area contributed by atoms with Gasteiger partial charge in [-0.15, -0.1) is 0 Å². The Morgan fingerprint density at radius 1 is 1.11 bits per heavy atom. The molecule has 0 aliphatic carbocycles. The van der Waals surface area contributed by atoms with E-state index in [1.54, 1.807) is 0 Å². The number of aryl methyl sites for hydroxylation is 2.